The van der Waals surface area contributed by atoms with E-state index in [0.29, 0.717) is 45.1 Å². The van der Waals surface area contributed by atoms with Gasteiger partial charge < -0.3 is 29.2 Å². The number of carbonyl (C=O) groups excluding carboxylic acids is 1. The summed E-state index contributed by atoms with van der Waals surface area (Å²) >= 11 is 0. The van der Waals surface area contributed by atoms with Gasteiger partial charge >= 0.3 is 0 Å². The van der Waals surface area contributed by atoms with Crippen molar-refractivity contribution in [2.75, 3.05) is 59.5 Å². The van der Waals surface area contributed by atoms with Gasteiger partial charge in [-0.15, -0.1) is 24.0 Å². The van der Waals surface area contributed by atoms with Crippen LogP contribution in [0.25, 0.3) is 0 Å². The molecule has 1 N–H and O–H groups in total. The molecule has 1 aromatic heterocycles. The van der Waals surface area contributed by atoms with Crippen molar-refractivity contribution in [3.05, 3.63) is 54.0 Å². The van der Waals surface area contributed by atoms with Gasteiger partial charge in [-0.3, -0.25) is 9.79 Å². The van der Waals surface area contributed by atoms with Crippen molar-refractivity contribution < 1.29 is 13.9 Å². The van der Waals surface area contributed by atoms with Gasteiger partial charge in [-0.05, 0) is 31.3 Å². The summed E-state index contributed by atoms with van der Waals surface area (Å²) in [6, 6.07) is 11.6. The number of carbonyl (C=O) groups is 1. The van der Waals surface area contributed by atoms with Crippen molar-refractivity contribution in [3.8, 4) is 5.75 Å². The van der Waals surface area contributed by atoms with Crippen molar-refractivity contribution in [2.45, 2.75) is 20.4 Å². The second-order valence-corrected chi connectivity index (χ2v) is 7.64. The number of hydrogen-bond acceptors (Lipinski definition) is 5. The van der Waals surface area contributed by atoms with Gasteiger partial charge in [0.1, 0.15) is 12.4 Å². The predicted octanol–water partition coefficient (Wildman–Crippen LogP) is 3.15. The minimum Gasteiger partial charge on any atom is -0.492 e. The monoisotopic (exact) mass is 569 g/mol. The molecule has 1 fully saturated rings. The molecule has 0 spiro atoms. The summed E-state index contributed by atoms with van der Waals surface area (Å²) in [4.78, 5) is 23.3. The molecule has 182 valence electrons. The molecule has 0 unspecified atom stereocenters. The van der Waals surface area contributed by atoms with Crippen molar-refractivity contribution >= 4 is 35.8 Å². The Morgan fingerprint density at radius 2 is 1.79 bits per heavy atom. The summed E-state index contributed by atoms with van der Waals surface area (Å²) in [5.74, 6) is 2.05. The van der Waals surface area contributed by atoms with Gasteiger partial charge in [-0.2, -0.15) is 0 Å². The first-order valence-corrected chi connectivity index (χ1v) is 11.4. The number of furan rings is 1. The zero-order valence-corrected chi connectivity index (χ0v) is 22.2. The summed E-state index contributed by atoms with van der Waals surface area (Å²) in [6.45, 7) is 11.3. The second-order valence-electron chi connectivity index (χ2n) is 7.64. The van der Waals surface area contributed by atoms with Crippen LogP contribution in [-0.2, 0) is 6.54 Å². The smallest absolute Gasteiger partial charge is 0.289 e. The van der Waals surface area contributed by atoms with Crippen LogP contribution in [0.5, 0.6) is 5.75 Å². The number of halogens is 1. The number of benzene rings is 1. The highest BCUT2D eigenvalue weighted by Crippen LogP contribution is 2.18. The van der Waals surface area contributed by atoms with Crippen LogP contribution in [0.2, 0.25) is 0 Å². The molecular formula is C24H36IN5O3. The third kappa shape index (κ3) is 7.63. The SMILES string of the molecule is CCN(CC)CCOc1ccccc1CNC(=NC)N1CCN(C(=O)c2ccco2)CC1.I. The Morgan fingerprint density at radius 1 is 1.09 bits per heavy atom. The number of likely N-dealkylation sites (N-methyl/N-ethyl adjacent to an activating group) is 1. The fourth-order valence-electron chi connectivity index (χ4n) is 3.80. The van der Waals surface area contributed by atoms with Gasteiger partial charge in [0.25, 0.3) is 5.91 Å². The topological polar surface area (TPSA) is 73.6 Å². The number of guanidine groups is 1. The molecule has 0 aliphatic carbocycles. The number of aliphatic imine (C=N–C) groups is 1. The zero-order valence-electron chi connectivity index (χ0n) is 19.8. The van der Waals surface area contributed by atoms with E-state index in [4.69, 9.17) is 9.15 Å². The number of nitrogens with zero attached hydrogens (tertiary/aromatic N) is 4. The zero-order chi connectivity index (χ0) is 22.8. The van der Waals surface area contributed by atoms with Gasteiger partial charge in [0.2, 0.25) is 0 Å². The first-order valence-electron chi connectivity index (χ1n) is 11.4. The number of nitrogens with one attached hydrogen (secondary N) is 1. The second kappa shape index (κ2) is 14.1. The molecular weight excluding hydrogens is 533 g/mol. The maximum Gasteiger partial charge on any atom is 0.289 e. The standard InChI is InChI=1S/C24H35N5O3.HI/c1-4-27(5-2)16-18-32-21-10-7-6-9-20(21)19-26-24(25-3)29-14-12-28(13-15-29)23(30)22-11-8-17-31-22;/h6-11,17H,4-5,12-16,18-19H2,1-3H3,(H,25,26);1H. The summed E-state index contributed by atoms with van der Waals surface area (Å²) < 4.78 is 11.3. The van der Waals surface area contributed by atoms with Crippen LogP contribution in [0, 0.1) is 0 Å². The highest BCUT2D eigenvalue weighted by atomic mass is 127. The quantitative estimate of drug-likeness (QED) is 0.284. The third-order valence-corrected chi connectivity index (χ3v) is 5.78. The molecule has 0 bridgehead atoms. The summed E-state index contributed by atoms with van der Waals surface area (Å²) in [7, 11) is 1.79. The first kappa shape index (κ1) is 27.0. The number of para-hydroxylation sites is 1. The first-order chi connectivity index (χ1) is 15.7. The molecule has 1 amide bonds. The molecule has 1 aliphatic rings. The minimum atomic E-state index is -0.0617. The lowest BCUT2D eigenvalue weighted by Gasteiger charge is -2.36. The predicted molar refractivity (Wildman–Crippen MR) is 142 cm³/mol. The fourth-order valence-corrected chi connectivity index (χ4v) is 3.80. The lowest BCUT2D eigenvalue weighted by molar-refractivity contribution is 0.0657. The van der Waals surface area contributed by atoms with E-state index in [1.54, 1.807) is 19.2 Å². The Bertz CT molecular complexity index is 863. The molecule has 2 aromatic rings. The van der Waals surface area contributed by atoms with Crippen molar-refractivity contribution in [2.24, 2.45) is 4.99 Å². The number of ether oxygens (including phenoxy) is 1. The van der Waals surface area contributed by atoms with E-state index in [0.717, 1.165) is 36.9 Å². The fraction of sp³-hybridized carbons (Fsp3) is 0.500. The minimum absolute atomic E-state index is 0. The van der Waals surface area contributed by atoms with Crippen molar-refractivity contribution in [1.29, 1.82) is 0 Å². The van der Waals surface area contributed by atoms with E-state index in [2.05, 4.69) is 40.0 Å². The average molecular weight is 569 g/mol. The van der Waals surface area contributed by atoms with Crippen molar-refractivity contribution in [3.63, 3.8) is 0 Å². The maximum atomic E-state index is 12.5. The van der Waals surface area contributed by atoms with Crippen LogP contribution in [0.15, 0.2) is 52.1 Å². The Hall–Kier alpha value is -2.27. The Kier molecular flexibility index (Phi) is 11.5. The number of amides is 1. The maximum absolute atomic E-state index is 12.5. The van der Waals surface area contributed by atoms with Gasteiger partial charge in [0, 0.05) is 51.9 Å². The lowest BCUT2D eigenvalue weighted by atomic mass is 10.2. The summed E-state index contributed by atoms with van der Waals surface area (Å²) in [5, 5.41) is 3.45. The average Bonchev–Trinajstić information content (AvgIpc) is 3.38. The van der Waals surface area contributed by atoms with Crippen LogP contribution in [0.4, 0.5) is 0 Å². The molecule has 0 saturated carbocycles. The van der Waals surface area contributed by atoms with Gasteiger partial charge in [-0.1, -0.05) is 32.0 Å². The lowest BCUT2D eigenvalue weighted by Crippen LogP contribution is -2.53. The van der Waals surface area contributed by atoms with E-state index in [9.17, 15) is 4.79 Å². The van der Waals surface area contributed by atoms with Crippen LogP contribution < -0.4 is 10.1 Å². The molecule has 0 radical (unpaired) electrons. The number of hydrogen-bond donors (Lipinski definition) is 1. The van der Waals surface area contributed by atoms with Crippen LogP contribution in [-0.4, -0.2) is 86.0 Å². The molecule has 1 saturated heterocycles. The summed E-state index contributed by atoms with van der Waals surface area (Å²) in [6.07, 6.45) is 1.53. The van der Waals surface area contributed by atoms with E-state index in [1.807, 2.05) is 23.1 Å². The molecule has 33 heavy (non-hydrogen) atoms. The van der Waals surface area contributed by atoms with Gasteiger partial charge in [0.15, 0.2) is 11.7 Å². The van der Waals surface area contributed by atoms with E-state index in [1.165, 1.54) is 6.26 Å². The normalized spacial score (nSPS) is 14.2. The molecule has 9 heteroatoms. The van der Waals surface area contributed by atoms with Gasteiger partial charge in [0.05, 0.1) is 6.26 Å². The number of piperazine rings is 1. The number of rotatable bonds is 9. The molecule has 0 atom stereocenters. The largest absolute Gasteiger partial charge is 0.492 e. The van der Waals surface area contributed by atoms with Crippen molar-refractivity contribution in [1.82, 2.24) is 20.0 Å². The Labute approximate surface area is 214 Å². The van der Waals surface area contributed by atoms with E-state index >= 15 is 0 Å². The molecule has 3 rings (SSSR count). The molecule has 1 aliphatic heterocycles. The van der Waals surface area contributed by atoms with Crippen LogP contribution in [0.3, 0.4) is 0 Å². The highest BCUT2D eigenvalue weighted by Gasteiger charge is 2.25. The molecule has 1 aromatic carbocycles. The van der Waals surface area contributed by atoms with Crippen LogP contribution >= 0.6 is 24.0 Å². The Morgan fingerprint density at radius 3 is 2.42 bits per heavy atom. The third-order valence-electron chi connectivity index (χ3n) is 5.78. The Balaban J connectivity index is 0.00000385. The summed E-state index contributed by atoms with van der Waals surface area (Å²) in [5.41, 5.74) is 1.10. The van der Waals surface area contributed by atoms with Gasteiger partial charge in [-0.25, -0.2) is 0 Å². The highest BCUT2D eigenvalue weighted by molar-refractivity contribution is 14.0. The van der Waals surface area contributed by atoms with Crippen LogP contribution in [0.1, 0.15) is 30.0 Å². The van der Waals surface area contributed by atoms with E-state index < -0.39 is 0 Å². The van der Waals surface area contributed by atoms with E-state index in [-0.39, 0.29) is 29.9 Å². The molecule has 8 nitrogen and oxygen atoms in total. The molecule has 2 heterocycles.